The number of fused-ring (bicyclic) bond motifs is 1. The average Bonchev–Trinajstić information content (AvgIpc) is 3.17. The van der Waals surface area contributed by atoms with E-state index in [2.05, 4.69) is 15.1 Å². The summed E-state index contributed by atoms with van der Waals surface area (Å²) < 4.78 is 7.15. The van der Waals surface area contributed by atoms with Crippen molar-refractivity contribution in [3.05, 3.63) is 67.1 Å². The second kappa shape index (κ2) is 6.88. The second-order valence-electron chi connectivity index (χ2n) is 7.55. The third kappa shape index (κ3) is 3.62. The maximum Gasteiger partial charge on any atom is 0.316 e. The molecule has 0 aliphatic rings. The van der Waals surface area contributed by atoms with E-state index in [0.717, 1.165) is 28.0 Å². The van der Waals surface area contributed by atoms with Gasteiger partial charge in [-0.05, 0) is 57.2 Å². The maximum absolute atomic E-state index is 12.0. The number of hydrogen-bond donors (Lipinski definition) is 0. The highest BCUT2D eigenvalue weighted by Gasteiger charge is 2.23. The molecule has 0 aliphatic carbocycles. The Hall–Kier alpha value is -3.54. The second-order valence-corrected chi connectivity index (χ2v) is 7.55. The van der Waals surface area contributed by atoms with Crippen molar-refractivity contribution in [1.29, 1.82) is 0 Å². The van der Waals surface area contributed by atoms with E-state index in [9.17, 15) is 4.79 Å². The Kier molecular flexibility index (Phi) is 4.39. The highest BCUT2D eigenvalue weighted by molar-refractivity contribution is 5.78. The van der Waals surface area contributed by atoms with Crippen LogP contribution >= 0.6 is 0 Å². The SMILES string of the molecule is CC(C)(C)C(=O)Oc1ccc(-n2cc(-c3cnc4ccccc4n3)cn2)cc1. The number of carbonyl (C=O) groups excluding carboxylic acids is 1. The number of esters is 1. The monoisotopic (exact) mass is 372 g/mol. The van der Waals surface area contributed by atoms with Crippen LogP contribution < -0.4 is 4.74 Å². The molecule has 0 radical (unpaired) electrons. The van der Waals surface area contributed by atoms with Crippen LogP contribution in [0.3, 0.4) is 0 Å². The van der Waals surface area contributed by atoms with Crippen LogP contribution in [-0.2, 0) is 4.79 Å². The van der Waals surface area contributed by atoms with E-state index in [-0.39, 0.29) is 5.97 Å². The Morgan fingerprint density at radius 2 is 1.68 bits per heavy atom. The lowest BCUT2D eigenvalue weighted by Crippen LogP contribution is -2.25. The molecular weight excluding hydrogens is 352 g/mol. The van der Waals surface area contributed by atoms with Crippen molar-refractivity contribution < 1.29 is 9.53 Å². The number of nitrogens with zero attached hydrogens (tertiary/aromatic N) is 4. The molecule has 0 amide bonds. The summed E-state index contributed by atoms with van der Waals surface area (Å²) in [6.07, 6.45) is 5.40. The molecule has 4 rings (SSSR count). The van der Waals surface area contributed by atoms with Crippen LogP contribution in [0.5, 0.6) is 5.75 Å². The Balaban J connectivity index is 1.56. The Morgan fingerprint density at radius 1 is 0.964 bits per heavy atom. The van der Waals surface area contributed by atoms with Crippen molar-refractivity contribution in [3.63, 3.8) is 0 Å². The fourth-order valence-corrected chi connectivity index (χ4v) is 2.62. The van der Waals surface area contributed by atoms with Gasteiger partial charge in [-0.15, -0.1) is 0 Å². The first-order valence-electron chi connectivity index (χ1n) is 9.00. The van der Waals surface area contributed by atoms with Crippen LogP contribution in [0.25, 0.3) is 28.0 Å². The molecule has 2 heterocycles. The number of hydrogen-bond acceptors (Lipinski definition) is 5. The Morgan fingerprint density at radius 3 is 2.39 bits per heavy atom. The van der Waals surface area contributed by atoms with Gasteiger partial charge in [0.2, 0.25) is 0 Å². The van der Waals surface area contributed by atoms with Gasteiger partial charge in [0.25, 0.3) is 0 Å². The van der Waals surface area contributed by atoms with Crippen LogP contribution in [0.2, 0.25) is 0 Å². The van der Waals surface area contributed by atoms with Crippen molar-refractivity contribution >= 4 is 17.0 Å². The van der Waals surface area contributed by atoms with Gasteiger partial charge in [-0.1, -0.05) is 12.1 Å². The summed E-state index contributed by atoms with van der Waals surface area (Å²) in [6.45, 7) is 5.47. The van der Waals surface area contributed by atoms with Gasteiger partial charge in [0.15, 0.2) is 0 Å². The molecule has 4 aromatic rings. The van der Waals surface area contributed by atoms with Gasteiger partial charge in [-0.3, -0.25) is 9.78 Å². The van der Waals surface area contributed by atoms with Gasteiger partial charge in [-0.25, -0.2) is 9.67 Å². The minimum Gasteiger partial charge on any atom is -0.426 e. The Labute approximate surface area is 162 Å². The first-order chi connectivity index (χ1) is 13.4. The van der Waals surface area contributed by atoms with Crippen LogP contribution in [-0.4, -0.2) is 25.7 Å². The number of aromatic nitrogens is 4. The summed E-state index contributed by atoms with van der Waals surface area (Å²) in [5.41, 5.74) is 3.66. The van der Waals surface area contributed by atoms with Crippen molar-refractivity contribution in [1.82, 2.24) is 19.7 Å². The molecule has 6 nitrogen and oxygen atoms in total. The molecule has 0 aliphatic heterocycles. The van der Waals surface area contributed by atoms with E-state index < -0.39 is 5.41 Å². The van der Waals surface area contributed by atoms with Crippen molar-refractivity contribution in [2.75, 3.05) is 0 Å². The fourth-order valence-electron chi connectivity index (χ4n) is 2.62. The van der Waals surface area contributed by atoms with Crippen LogP contribution in [0.1, 0.15) is 20.8 Å². The molecule has 0 N–H and O–H groups in total. The van der Waals surface area contributed by atoms with Gasteiger partial charge in [-0.2, -0.15) is 5.10 Å². The number of ether oxygens (including phenoxy) is 1. The first-order valence-corrected chi connectivity index (χ1v) is 9.00. The zero-order valence-corrected chi connectivity index (χ0v) is 16.0. The van der Waals surface area contributed by atoms with E-state index in [1.165, 1.54) is 0 Å². The van der Waals surface area contributed by atoms with Gasteiger partial charge in [0, 0.05) is 11.8 Å². The fraction of sp³-hybridized carbons (Fsp3) is 0.182. The molecule has 0 unspecified atom stereocenters. The summed E-state index contributed by atoms with van der Waals surface area (Å²) in [5.74, 6) is 0.243. The summed E-state index contributed by atoms with van der Waals surface area (Å²) in [4.78, 5) is 21.1. The summed E-state index contributed by atoms with van der Waals surface area (Å²) in [7, 11) is 0. The summed E-state index contributed by atoms with van der Waals surface area (Å²) in [6, 6.07) is 15.0. The van der Waals surface area contributed by atoms with Crippen molar-refractivity contribution in [3.8, 4) is 22.7 Å². The Bertz CT molecular complexity index is 1140. The van der Waals surface area contributed by atoms with E-state index in [1.807, 2.05) is 63.4 Å². The van der Waals surface area contributed by atoms with Gasteiger partial charge in [0.1, 0.15) is 5.75 Å². The van der Waals surface area contributed by atoms with Gasteiger partial charge < -0.3 is 4.74 Å². The molecule has 6 heteroatoms. The van der Waals surface area contributed by atoms with Gasteiger partial charge in [0.05, 0.1) is 40.2 Å². The molecule has 28 heavy (non-hydrogen) atoms. The smallest absolute Gasteiger partial charge is 0.316 e. The summed E-state index contributed by atoms with van der Waals surface area (Å²) in [5, 5.41) is 4.41. The molecule has 2 aromatic heterocycles. The normalized spacial score (nSPS) is 11.5. The molecule has 0 saturated carbocycles. The predicted molar refractivity (Wildman–Crippen MR) is 107 cm³/mol. The van der Waals surface area contributed by atoms with E-state index in [0.29, 0.717) is 5.75 Å². The zero-order valence-electron chi connectivity index (χ0n) is 16.0. The van der Waals surface area contributed by atoms with Crippen molar-refractivity contribution in [2.45, 2.75) is 20.8 Å². The quantitative estimate of drug-likeness (QED) is 0.393. The number of rotatable bonds is 3. The summed E-state index contributed by atoms with van der Waals surface area (Å²) >= 11 is 0. The standard InChI is InChI=1S/C22H20N4O2/c1-22(2,3)21(27)28-17-10-8-16(9-11-17)26-14-15(12-24-26)20-13-23-18-6-4-5-7-19(18)25-20/h4-14H,1-3H3. The van der Waals surface area contributed by atoms with Crippen molar-refractivity contribution in [2.24, 2.45) is 5.41 Å². The molecule has 0 fully saturated rings. The first kappa shape index (κ1) is 17.9. The third-order valence-electron chi connectivity index (χ3n) is 4.25. The maximum atomic E-state index is 12.0. The molecule has 0 atom stereocenters. The predicted octanol–water partition coefficient (Wildman–Crippen LogP) is 4.43. The van der Waals surface area contributed by atoms with E-state index in [4.69, 9.17) is 4.74 Å². The minimum absolute atomic E-state index is 0.267. The molecule has 0 bridgehead atoms. The lowest BCUT2D eigenvalue weighted by atomic mass is 9.97. The average molecular weight is 372 g/mol. The largest absolute Gasteiger partial charge is 0.426 e. The van der Waals surface area contributed by atoms with Gasteiger partial charge >= 0.3 is 5.97 Å². The number of para-hydroxylation sites is 2. The molecule has 0 saturated heterocycles. The van der Waals surface area contributed by atoms with Crippen LogP contribution in [0.4, 0.5) is 0 Å². The molecular formula is C22H20N4O2. The van der Waals surface area contributed by atoms with Crippen LogP contribution in [0.15, 0.2) is 67.1 Å². The number of benzene rings is 2. The van der Waals surface area contributed by atoms with E-state index in [1.54, 1.807) is 29.2 Å². The van der Waals surface area contributed by atoms with E-state index >= 15 is 0 Å². The van der Waals surface area contributed by atoms with Crippen LogP contribution in [0, 0.1) is 5.41 Å². The zero-order chi connectivity index (χ0) is 19.7. The molecule has 140 valence electrons. The topological polar surface area (TPSA) is 69.9 Å². The lowest BCUT2D eigenvalue weighted by molar-refractivity contribution is -0.142. The highest BCUT2D eigenvalue weighted by atomic mass is 16.5. The molecule has 0 spiro atoms. The molecule has 2 aromatic carbocycles. The lowest BCUT2D eigenvalue weighted by Gasteiger charge is -2.16. The highest BCUT2D eigenvalue weighted by Crippen LogP contribution is 2.23. The third-order valence-corrected chi connectivity index (χ3v) is 4.25. The number of carbonyl (C=O) groups is 1. The minimum atomic E-state index is -0.545.